The molecule has 110 valence electrons. The largest absolute Gasteiger partial charge is 0.340 e. The number of carbonyl (C=O) groups excluding carboxylic acids is 1. The Bertz CT molecular complexity index is 469. The van der Waals surface area contributed by atoms with Crippen LogP contribution in [0, 0.1) is 6.92 Å². The zero-order chi connectivity index (χ0) is 14.5. The SMILES string of the molecule is Cc1cc(C(=O)N(C)CCN2CCCC2)ccc1NN. The number of hydrogen-bond donors (Lipinski definition) is 2. The molecule has 1 saturated heterocycles. The molecule has 0 atom stereocenters. The van der Waals surface area contributed by atoms with E-state index >= 15 is 0 Å². The molecule has 20 heavy (non-hydrogen) atoms. The minimum atomic E-state index is 0.0656. The average Bonchev–Trinajstić information content (AvgIpc) is 2.97. The van der Waals surface area contributed by atoms with Crippen LogP contribution in [-0.4, -0.2) is 48.9 Å². The van der Waals surface area contributed by atoms with Crippen molar-refractivity contribution < 1.29 is 4.79 Å². The number of nitrogens with two attached hydrogens (primary N) is 1. The highest BCUT2D eigenvalue weighted by molar-refractivity contribution is 5.94. The molecular formula is C15H24N4O. The summed E-state index contributed by atoms with van der Waals surface area (Å²) in [5, 5.41) is 0. The summed E-state index contributed by atoms with van der Waals surface area (Å²) < 4.78 is 0. The quantitative estimate of drug-likeness (QED) is 0.631. The first-order valence-corrected chi connectivity index (χ1v) is 7.17. The molecule has 3 N–H and O–H groups in total. The molecule has 5 heteroatoms. The Hall–Kier alpha value is -1.59. The second kappa shape index (κ2) is 6.72. The number of nitrogens with zero attached hydrogens (tertiary/aromatic N) is 2. The van der Waals surface area contributed by atoms with Gasteiger partial charge >= 0.3 is 0 Å². The third-order valence-corrected chi connectivity index (χ3v) is 3.93. The van der Waals surface area contributed by atoms with Crippen molar-refractivity contribution in [1.82, 2.24) is 9.80 Å². The first kappa shape index (κ1) is 14.8. The van der Waals surface area contributed by atoms with Crippen LogP contribution in [0.1, 0.15) is 28.8 Å². The molecule has 5 nitrogen and oxygen atoms in total. The first-order chi connectivity index (χ1) is 9.61. The van der Waals surface area contributed by atoms with E-state index in [-0.39, 0.29) is 5.91 Å². The number of likely N-dealkylation sites (tertiary alicyclic amines) is 1. The van der Waals surface area contributed by atoms with Gasteiger partial charge in [0.1, 0.15) is 0 Å². The average molecular weight is 276 g/mol. The van der Waals surface area contributed by atoms with Crippen molar-refractivity contribution >= 4 is 11.6 Å². The third-order valence-electron chi connectivity index (χ3n) is 3.93. The summed E-state index contributed by atoms with van der Waals surface area (Å²) in [4.78, 5) is 16.6. The standard InChI is InChI=1S/C15H24N4O/c1-12-11-13(5-6-14(12)17-16)15(20)18(2)9-10-19-7-3-4-8-19/h5-6,11,17H,3-4,7-10,16H2,1-2H3. The molecule has 1 heterocycles. The van der Waals surface area contributed by atoms with Gasteiger partial charge in [0.15, 0.2) is 0 Å². The molecule has 0 aromatic heterocycles. The second-order valence-electron chi connectivity index (χ2n) is 5.45. The van der Waals surface area contributed by atoms with Gasteiger partial charge in [-0.3, -0.25) is 10.6 Å². The van der Waals surface area contributed by atoms with Crippen molar-refractivity contribution in [1.29, 1.82) is 0 Å². The summed E-state index contributed by atoms with van der Waals surface area (Å²) in [6.07, 6.45) is 2.56. The molecule has 1 amide bonds. The molecule has 1 aromatic carbocycles. The molecule has 1 aromatic rings. The van der Waals surface area contributed by atoms with Crippen LogP contribution in [0.4, 0.5) is 5.69 Å². The van der Waals surface area contributed by atoms with Gasteiger partial charge in [-0.2, -0.15) is 0 Å². The summed E-state index contributed by atoms with van der Waals surface area (Å²) >= 11 is 0. The van der Waals surface area contributed by atoms with Crippen LogP contribution in [0.5, 0.6) is 0 Å². The lowest BCUT2D eigenvalue weighted by molar-refractivity contribution is 0.0782. The Balaban J connectivity index is 1.93. The molecule has 0 radical (unpaired) electrons. The Morgan fingerprint density at radius 2 is 2.10 bits per heavy atom. The number of amides is 1. The van der Waals surface area contributed by atoms with E-state index in [2.05, 4.69) is 10.3 Å². The van der Waals surface area contributed by atoms with Gasteiger partial charge in [-0.05, 0) is 56.6 Å². The zero-order valence-electron chi connectivity index (χ0n) is 12.4. The van der Waals surface area contributed by atoms with Crippen LogP contribution in [0.15, 0.2) is 18.2 Å². The van der Waals surface area contributed by atoms with Crippen molar-refractivity contribution in [2.24, 2.45) is 5.84 Å². The highest BCUT2D eigenvalue weighted by atomic mass is 16.2. The van der Waals surface area contributed by atoms with Gasteiger partial charge in [-0.25, -0.2) is 0 Å². The molecule has 0 aliphatic carbocycles. The van der Waals surface area contributed by atoms with Crippen molar-refractivity contribution in [3.05, 3.63) is 29.3 Å². The molecule has 0 saturated carbocycles. The Morgan fingerprint density at radius 3 is 2.70 bits per heavy atom. The fraction of sp³-hybridized carbons (Fsp3) is 0.533. The molecule has 0 bridgehead atoms. The smallest absolute Gasteiger partial charge is 0.253 e. The molecule has 1 fully saturated rings. The zero-order valence-corrected chi connectivity index (χ0v) is 12.4. The molecule has 2 rings (SSSR count). The third kappa shape index (κ3) is 3.49. The van der Waals surface area contributed by atoms with E-state index in [1.807, 2.05) is 32.2 Å². The lowest BCUT2D eigenvalue weighted by Gasteiger charge is -2.22. The van der Waals surface area contributed by atoms with E-state index in [9.17, 15) is 4.79 Å². The van der Waals surface area contributed by atoms with Crippen molar-refractivity contribution in [3.63, 3.8) is 0 Å². The van der Waals surface area contributed by atoms with Gasteiger partial charge in [0.05, 0.1) is 5.69 Å². The lowest BCUT2D eigenvalue weighted by atomic mass is 10.1. The summed E-state index contributed by atoms with van der Waals surface area (Å²) in [6.45, 7) is 6.00. The number of hydrogen-bond acceptors (Lipinski definition) is 4. The number of likely N-dealkylation sites (N-methyl/N-ethyl adjacent to an activating group) is 1. The van der Waals surface area contributed by atoms with Crippen molar-refractivity contribution in [2.75, 3.05) is 38.7 Å². The summed E-state index contributed by atoms with van der Waals surface area (Å²) in [5.41, 5.74) is 5.16. The lowest BCUT2D eigenvalue weighted by Crippen LogP contribution is -2.35. The van der Waals surface area contributed by atoms with Gasteiger partial charge in [0.25, 0.3) is 5.91 Å². The molecule has 1 aliphatic heterocycles. The maximum atomic E-state index is 12.4. The number of benzene rings is 1. The van der Waals surface area contributed by atoms with E-state index < -0.39 is 0 Å². The number of nitrogen functional groups attached to an aromatic ring is 1. The van der Waals surface area contributed by atoms with Gasteiger partial charge in [0, 0.05) is 25.7 Å². The summed E-state index contributed by atoms with van der Waals surface area (Å²) in [6, 6.07) is 5.54. The van der Waals surface area contributed by atoms with Gasteiger partial charge < -0.3 is 15.2 Å². The minimum absolute atomic E-state index is 0.0656. The van der Waals surface area contributed by atoms with Crippen LogP contribution in [0.25, 0.3) is 0 Å². The fourth-order valence-electron chi connectivity index (χ4n) is 2.58. The summed E-state index contributed by atoms with van der Waals surface area (Å²) in [7, 11) is 1.86. The number of nitrogens with one attached hydrogen (secondary N) is 1. The van der Waals surface area contributed by atoms with Gasteiger partial charge in [-0.1, -0.05) is 0 Å². The van der Waals surface area contributed by atoms with Crippen molar-refractivity contribution in [3.8, 4) is 0 Å². The molecular weight excluding hydrogens is 252 g/mol. The molecule has 1 aliphatic rings. The number of aryl methyl sites for hydroxylation is 1. The highest BCUT2D eigenvalue weighted by Crippen LogP contribution is 2.16. The Kier molecular flexibility index (Phi) is 4.98. The molecule has 0 unspecified atom stereocenters. The Labute approximate surface area is 120 Å². The van der Waals surface area contributed by atoms with E-state index in [0.29, 0.717) is 5.56 Å². The minimum Gasteiger partial charge on any atom is -0.340 e. The van der Waals surface area contributed by atoms with Gasteiger partial charge in [-0.15, -0.1) is 0 Å². The van der Waals surface area contributed by atoms with Crippen molar-refractivity contribution in [2.45, 2.75) is 19.8 Å². The number of anilines is 1. The van der Waals surface area contributed by atoms with Crippen LogP contribution in [0.3, 0.4) is 0 Å². The predicted octanol–water partition coefficient (Wildman–Crippen LogP) is 1.45. The Morgan fingerprint density at radius 1 is 1.40 bits per heavy atom. The topological polar surface area (TPSA) is 61.6 Å². The van der Waals surface area contributed by atoms with Crippen LogP contribution < -0.4 is 11.3 Å². The normalized spacial score (nSPS) is 15.3. The number of carbonyl (C=O) groups is 1. The van der Waals surface area contributed by atoms with Gasteiger partial charge in [0.2, 0.25) is 0 Å². The maximum Gasteiger partial charge on any atom is 0.253 e. The van der Waals surface area contributed by atoms with E-state index in [1.54, 1.807) is 4.90 Å². The second-order valence-corrected chi connectivity index (χ2v) is 5.45. The molecule has 0 spiro atoms. The number of hydrazine groups is 1. The van der Waals surface area contributed by atoms with Crippen LogP contribution in [-0.2, 0) is 0 Å². The van der Waals surface area contributed by atoms with Crippen LogP contribution in [0.2, 0.25) is 0 Å². The summed E-state index contributed by atoms with van der Waals surface area (Å²) in [5.74, 6) is 5.47. The van der Waals surface area contributed by atoms with E-state index in [4.69, 9.17) is 5.84 Å². The monoisotopic (exact) mass is 276 g/mol. The first-order valence-electron chi connectivity index (χ1n) is 7.17. The fourth-order valence-corrected chi connectivity index (χ4v) is 2.58. The highest BCUT2D eigenvalue weighted by Gasteiger charge is 2.16. The van der Waals surface area contributed by atoms with E-state index in [1.165, 1.54) is 12.8 Å². The number of rotatable bonds is 5. The predicted molar refractivity (Wildman–Crippen MR) is 81.6 cm³/mol. The van der Waals surface area contributed by atoms with Crippen LogP contribution >= 0.6 is 0 Å². The van der Waals surface area contributed by atoms with E-state index in [0.717, 1.165) is 37.4 Å². The maximum absolute atomic E-state index is 12.4.